The standard InChI is InChI=1S/C36H45N3O4/c1-6-18-37-31(24-15-16-24)22-39(5)34(36(2,3)4)32(41)28-20-25(40)21-29(28)35(42)38-30-17-19-43-33-26(13-10-14-27(30)33)23-11-8-7-9-12-23/h6-14,18,22,24-25,28-30,34,40H,1,15-17,19-21H2,2-5H3,(H,38,42)/b31-22-,37-18+. The number of carbonyl (C=O) groups excluding carboxylic acids is 2. The maximum atomic E-state index is 14.3. The van der Waals surface area contributed by atoms with Gasteiger partial charge in [0.15, 0.2) is 5.78 Å². The zero-order valence-electron chi connectivity index (χ0n) is 25.8. The lowest BCUT2D eigenvalue weighted by molar-refractivity contribution is -0.137. The van der Waals surface area contributed by atoms with Gasteiger partial charge in [0.1, 0.15) is 5.75 Å². The van der Waals surface area contributed by atoms with E-state index in [1.807, 2.05) is 75.3 Å². The van der Waals surface area contributed by atoms with Crippen LogP contribution >= 0.6 is 0 Å². The van der Waals surface area contributed by atoms with Gasteiger partial charge in [-0.2, -0.15) is 0 Å². The first-order valence-electron chi connectivity index (χ1n) is 15.5. The third-order valence-electron chi connectivity index (χ3n) is 8.87. The summed E-state index contributed by atoms with van der Waals surface area (Å²) in [5, 5.41) is 14.0. The van der Waals surface area contributed by atoms with Crippen molar-refractivity contribution in [3.63, 3.8) is 0 Å². The number of ether oxygens (including phenoxy) is 1. The van der Waals surface area contributed by atoms with E-state index in [2.05, 4.69) is 29.0 Å². The van der Waals surface area contributed by atoms with Crippen LogP contribution < -0.4 is 10.1 Å². The Morgan fingerprint density at radius 2 is 1.79 bits per heavy atom. The molecule has 2 N–H and O–H groups in total. The SMILES string of the molecule is C=C/C=N/C(=C\N(C)C(C(=O)C1CC(O)CC1C(=O)NC1CCOc2c(-c3ccccc3)cccc21)C(C)(C)C)C1CC1. The molecule has 1 aliphatic heterocycles. The molecule has 5 atom stereocenters. The van der Waals surface area contributed by atoms with Gasteiger partial charge in [-0.25, -0.2) is 0 Å². The van der Waals surface area contributed by atoms with Crippen LogP contribution in [0.4, 0.5) is 0 Å². The van der Waals surface area contributed by atoms with E-state index in [0.717, 1.165) is 41.0 Å². The number of likely N-dealkylation sites (N-methyl/N-ethyl adjacent to an activating group) is 1. The van der Waals surface area contributed by atoms with E-state index in [-0.39, 0.29) is 30.6 Å². The lowest BCUT2D eigenvalue weighted by atomic mass is 9.76. The second-order valence-corrected chi connectivity index (χ2v) is 13.3. The molecule has 0 saturated heterocycles. The first-order valence-corrected chi connectivity index (χ1v) is 15.5. The zero-order valence-corrected chi connectivity index (χ0v) is 25.8. The van der Waals surface area contributed by atoms with Gasteiger partial charge in [0, 0.05) is 48.8 Å². The van der Waals surface area contributed by atoms with Gasteiger partial charge < -0.3 is 20.1 Å². The predicted molar refractivity (Wildman–Crippen MR) is 171 cm³/mol. The normalized spacial score (nSPS) is 24.6. The summed E-state index contributed by atoms with van der Waals surface area (Å²) in [6, 6.07) is 15.4. The Bertz CT molecular complexity index is 1390. The average molecular weight is 584 g/mol. The third kappa shape index (κ3) is 6.93. The number of benzene rings is 2. The van der Waals surface area contributed by atoms with Crippen molar-refractivity contribution in [2.24, 2.45) is 28.2 Å². The lowest BCUT2D eigenvalue weighted by Crippen LogP contribution is -2.50. The number of nitrogens with one attached hydrogen (secondary N) is 1. The van der Waals surface area contributed by atoms with Crippen molar-refractivity contribution in [2.75, 3.05) is 13.7 Å². The Morgan fingerprint density at radius 3 is 2.47 bits per heavy atom. The van der Waals surface area contributed by atoms with E-state index in [0.29, 0.717) is 18.9 Å². The number of aliphatic hydroxyl groups excluding tert-OH is 1. The zero-order chi connectivity index (χ0) is 30.7. The maximum absolute atomic E-state index is 14.3. The van der Waals surface area contributed by atoms with E-state index < -0.39 is 29.4 Å². The molecule has 7 heteroatoms. The van der Waals surface area contributed by atoms with Gasteiger partial charge in [-0.15, -0.1) is 0 Å². The van der Waals surface area contributed by atoms with Crippen LogP contribution in [0.1, 0.15) is 64.5 Å². The van der Waals surface area contributed by atoms with E-state index in [9.17, 15) is 14.7 Å². The van der Waals surface area contributed by atoms with Crippen LogP contribution in [0.25, 0.3) is 11.1 Å². The molecule has 43 heavy (non-hydrogen) atoms. The molecule has 0 bridgehead atoms. The smallest absolute Gasteiger partial charge is 0.224 e. The van der Waals surface area contributed by atoms with Crippen molar-refractivity contribution >= 4 is 17.9 Å². The second kappa shape index (κ2) is 12.9. The monoisotopic (exact) mass is 583 g/mol. The summed E-state index contributed by atoms with van der Waals surface area (Å²) >= 11 is 0. The van der Waals surface area contributed by atoms with Gasteiger partial charge in [-0.3, -0.25) is 14.6 Å². The number of fused-ring (bicyclic) bond motifs is 1. The molecule has 0 spiro atoms. The highest BCUT2D eigenvalue weighted by atomic mass is 16.5. The van der Waals surface area contributed by atoms with Crippen LogP contribution in [0.15, 0.2) is 78.1 Å². The number of rotatable bonds is 10. The number of hydrogen-bond acceptors (Lipinski definition) is 6. The number of para-hydroxylation sites is 1. The molecular formula is C36H45N3O4. The van der Waals surface area contributed by atoms with Gasteiger partial charge in [0.25, 0.3) is 0 Å². The number of aliphatic imine (C=N–C) groups is 1. The van der Waals surface area contributed by atoms with E-state index in [1.165, 1.54) is 0 Å². The maximum Gasteiger partial charge on any atom is 0.224 e. The Hall–Kier alpha value is -3.71. The Labute approximate surface area is 255 Å². The van der Waals surface area contributed by atoms with Crippen LogP contribution in [-0.4, -0.2) is 53.7 Å². The number of carbonyl (C=O) groups is 2. The highest BCUT2D eigenvalue weighted by Gasteiger charge is 2.48. The van der Waals surface area contributed by atoms with Gasteiger partial charge in [0.05, 0.1) is 36.4 Å². The van der Waals surface area contributed by atoms with Gasteiger partial charge in [-0.1, -0.05) is 82.0 Å². The number of amides is 1. The van der Waals surface area contributed by atoms with Gasteiger partial charge in [-0.05, 0) is 36.7 Å². The second-order valence-electron chi connectivity index (χ2n) is 13.3. The molecule has 1 amide bonds. The summed E-state index contributed by atoms with van der Waals surface area (Å²) in [5.74, 6) is -0.189. The minimum atomic E-state index is -0.697. The summed E-state index contributed by atoms with van der Waals surface area (Å²) in [6.45, 7) is 10.4. The summed E-state index contributed by atoms with van der Waals surface area (Å²) < 4.78 is 6.12. The van der Waals surface area contributed by atoms with E-state index in [4.69, 9.17) is 4.74 Å². The number of aliphatic hydroxyl groups is 1. The predicted octanol–water partition coefficient (Wildman–Crippen LogP) is 6.10. The minimum absolute atomic E-state index is 0.00969. The average Bonchev–Trinajstić information content (AvgIpc) is 3.75. The molecule has 2 saturated carbocycles. The van der Waals surface area contributed by atoms with Crippen molar-refractivity contribution in [1.82, 2.24) is 10.2 Å². The Kier molecular flexibility index (Phi) is 9.21. The Balaban J connectivity index is 1.37. The van der Waals surface area contributed by atoms with Crippen molar-refractivity contribution in [3.05, 3.63) is 78.6 Å². The molecular weight excluding hydrogens is 538 g/mol. The fourth-order valence-electron chi connectivity index (χ4n) is 6.80. The summed E-state index contributed by atoms with van der Waals surface area (Å²) in [6.07, 6.45) is 8.00. The highest BCUT2D eigenvalue weighted by molar-refractivity contribution is 5.93. The molecule has 2 fully saturated rings. The fourth-order valence-corrected chi connectivity index (χ4v) is 6.80. The number of ketones is 1. The number of hydrogen-bond donors (Lipinski definition) is 2. The molecule has 7 nitrogen and oxygen atoms in total. The third-order valence-corrected chi connectivity index (χ3v) is 8.87. The van der Waals surface area contributed by atoms with Crippen molar-refractivity contribution in [1.29, 1.82) is 0 Å². The van der Waals surface area contributed by atoms with Crippen molar-refractivity contribution < 1.29 is 19.4 Å². The molecule has 5 rings (SSSR count). The summed E-state index contributed by atoms with van der Waals surface area (Å²) in [5.41, 5.74) is 3.53. The fraction of sp³-hybridized carbons (Fsp3) is 0.472. The van der Waals surface area contributed by atoms with Gasteiger partial charge >= 0.3 is 0 Å². The van der Waals surface area contributed by atoms with E-state index >= 15 is 0 Å². The first kappa shape index (κ1) is 30.7. The van der Waals surface area contributed by atoms with Crippen LogP contribution in [-0.2, 0) is 9.59 Å². The molecule has 0 aromatic heterocycles. The van der Waals surface area contributed by atoms with Crippen LogP contribution in [0.3, 0.4) is 0 Å². The van der Waals surface area contributed by atoms with Crippen LogP contribution in [0, 0.1) is 23.2 Å². The first-order chi connectivity index (χ1) is 20.6. The molecule has 0 radical (unpaired) electrons. The molecule has 2 aromatic carbocycles. The van der Waals surface area contributed by atoms with Crippen molar-refractivity contribution in [2.45, 2.75) is 71.1 Å². The molecule has 2 aliphatic carbocycles. The van der Waals surface area contributed by atoms with E-state index in [1.54, 1.807) is 12.3 Å². The summed E-state index contributed by atoms with van der Waals surface area (Å²) in [4.78, 5) is 34.8. The minimum Gasteiger partial charge on any atom is -0.492 e. The summed E-state index contributed by atoms with van der Waals surface area (Å²) in [7, 11) is 1.92. The quantitative estimate of drug-likeness (QED) is 0.330. The Morgan fingerprint density at radius 1 is 1.07 bits per heavy atom. The molecule has 228 valence electrons. The molecule has 5 unspecified atom stereocenters. The number of nitrogens with zero attached hydrogens (tertiary/aromatic N) is 2. The number of allylic oxidation sites excluding steroid dienone is 2. The number of Topliss-reactive ketones (excluding diaryl/α,β-unsaturated/α-hetero) is 1. The van der Waals surface area contributed by atoms with Crippen LogP contribution in [0.5, 0.6) is 5.75 Å². The molecule has 2 aromatic rings. The molecule has 1 heterocycles. The molecule has 3 aliphatic rings. The largest absolute Gasteiger partial charge is 0.492 e. The van der Waals surface area contributed by atoms with Gasteiger partial charge in [0.2, 0.25) is 5.91 Å². The van der Waals surface area contributed by atoms with Crippen molar-refractivity contribution in [3.8, 4) is 16.9 Å². The lowest BCUT2D eigenvalue weighted by Gasteiger charge is -2.39. The highest BCUT2D eigenvalue weighted by Crippen LogP contribution is 2.43. The van der Waals surface area contributed by atoms with Crippen LogP contribution in [0.2, 0.25) is 0 Å². The topological polar surface area (TPSA) is 91.2 Å².